The smallest absolute Gasteiger partial charge is 0.303 e. The number of aromatic nitrogens is 1. The van der Waals surface area contributed by atoms with Gasteiger partial charge in [-0.1, -0.05) is 11.6 Å². The zero-order chi connectivity index (χ0) is 12.3. The number of carboxylic acids is 1. The van der Waals surface area contributed by atoms with E-state index < -0.39 is 5.97 Å². The molecular weight excluding hydrogens is 240 g/mol. The van der Waals surface area contributed by atoms with Crippen LogP contribution in [-0.4, -0.2) is 29.1 Å². The molecule has 4 nitrogen and oxygen atoms in total. The van der Waals surface area contributed by atoms with Crippen molar-refractivity contribution >= 4 is 23.3 Å². The number of rotatable bonds is 3. The summed E-state index contributed by atoms with van der Waals surface area (Å²) in [5.41, 5.74) is 0.996. The van der Waals surface area contributed by atoms with Gasteiger partial charge in [0.05, 0.1) is 10.7 Å². The van der Waals surface area contributed by atoms with Gasteiger partial charge >= 0.3 is 5.97 Å². The molecule has 0 amide bonds. The van der Waals surface area contributed by atoms with Crippen LogP contribution in [0.1, 0.15) is 19.3 Å². The molecule has 1 aromatic rings. The van der Waals surface area contributed by atoms with Crippen LogP contribution >= 0.6 is 11.6 Å². The van der Waals surface area contributed by atoms with Crippen LogP contribution in [-0.2, 0) is 4.79 Å². The minimum Gasteiger partial charge on any atom is -0.481 e. The Morgan fingerprint density at radius 3 is 2.82 bits per heavy atom. The Bertz CT molecular complexity index is 403. The standard InChI is InChI=1S/C12H15ClN2O2/c13-10-8-14-4-1-11(10)15-5-2-9(3-6-15)7-12(16)17/h1,4,8-9H,2-3,5-7H2,(H,16,17). The molecule has 1 aliphatic heterocycles. The second kappa shape index (κ2) is 5.36. The van der Waals surface area contributed by atoms with Crippen molar-refractivity contribution in [1.29, 1.82) is 0 Å². The summed E-state index contributed by atoms with van der Waals surface area (Å²) in [5.74, 6) is -0.408. The van der Waals surface area contributed by atoms with E-state index in [1.165, 1.54) is 0 Å². The first kappa shape index (κ1) is 12.2. The molecule has 92 valence electrons. The number of halogens is 1. The Morgan fingerprint density at radius 2 is 2.24 bits per heavy atom. The third kappa shape index (κ3) is 3.09. The van der Waals surface area contributed by atoms with Crippen molar-refractivity contribution in [1.82, 2.24) is 4.98 Å². The molecule has 2 rings (SSSR count). The number of hydrogen-bond donors (Lipinski definition) is 1. The van der Waals surface area contributed by atoms with Gasteiger partial charge < -0.3 is 10.0 Å². The molecule has 0 aromatic carbocycles. The molecule has 17 heavy (non-hydrogen) atoms. The second-order valence-electron chi connectivity index (χ2n) is 4.36. The largest absolute Gasteiger partial charge is 0.481 e. The Morgan fingerprint density at radius 1 is 1.53 bits per heavy atom. The number of hydrogen-bond acceptors (Lipinski definition) is 3. The van der Waals surface area contributed by atoms with E-state index in [-0.39, 0.29) is 6.42 Å². The van der Waals surface area contributed by atoms with Crippen LogP contribution in [0, 0.1) is 5.92 Å². The Kier molecular flexibility index (Phi) is 3.84. The van der Waals surface area contributed by atoms with Gasteiger partial charge in [-0.05, 0) is 24.8 Å². The maximum Gasteiger partial charge on any atom is 0.303 e. The van der Waals surface area contributed by atoms with E-state index in [0.717, 1.165) is 31.6 Å². The Labute approximate surface area is 105 Å². The number of nitrogens with zero attached hydrogens (tertiary/aromatic N) is 2. The molecule has 0 bridgehead atoms. The fraction of sp³-hybridized carbons (Fsp3) is 0.500. The van der Waals surface area contributed by atoms with Crippen molar-refractivity contribution in [3.63, 3.8) is 0 Å². The molecule has 1 saturated heterocycles. The molecule has 2 heterocycles. The minimum atomic E-state index is -0.703. The molecule has 0 unspecified atom stereocenters. The highest BCUT2D eigenvalue weighted by molar-refractivity contribution is 6.33. The summed E-state index contributed by atoms with van der Waals surface area (Å²) < 4.78 is 0. The highest BCUT2D eigenvalue weighted by Crippen LogP contribution is 2.29. The molecule has 1 N–H and O–H groups in total. The van der Waals surface area contributed by atoms with Crippen LogP contribution in [0.3, 0.4) is 0 Å². The van der Waals surface area contributed by atoms with E-state index in [4.69, 9.17) is 16.7 Å². The predicted molar refractivity (Wildman–Crippen MR) is 66.4 cm³/mol. The Balaban J connectivity index is 1.95. The lowest BCUT2D eigenvalue weighted by atomic mass is 9.93. The number of carbonyl (C=O) groups is 1. The van der Waals surface area contributed by atoms with Gasteiger partial charge in [0, 0.05) is 31.9 Å². The lowest BCUT2D eigenvalue weighted by Gasteiger charge is -2.33. The monoisotopic (exact) mass is 254 g/mol. The van der Waals surface area contributed by atoms with Crippen molar-refractivity contribution < 1.29 is 9.90 Å². The van der Waals surface area contributed by atoms with Gasteiger partial charge in [-0.2, -0.15) is 0 Å². The number of piperidine rings is 1. The molecular formula is C12H15ClN2O2. The van der Waals surface area contributed by atoms with E-state index in [1.807, 2.05) is 6.07 Å². The summed E-state index contributed by atoms with van der Waals surface area (Å²) in [6.45, 7) is 1.73. The number of carboxylic acid groups (broad SMARTS) is 1. The van der Waals surface area contributed by atoms with Gasteiger partial charge in [-0.25, -0.2) is 0 Å². The van der Waals surface area contributed by atoms with Crippen LogP contribution in [0.2, 0.25) is 5.02 Å². The molecule has 1 fully saturated rings. The van der Waals surface area contributed by atoms with Crippen LogP contribution in [0.4, 0.5) is 5.69 Å². The third-order valence-corrected chi connectivity index (χ3v) is 3.46. The predicted octanol–water partition coefficient (Wildman–Crippen LogP) is 2.43. The van der Waals surface area contributed by atoms with E-state index in [0.29, 0.717) is 10.9 Å². The van der Waals surface area contributed by atoms with Gasteiger partial charge in [0.15, 0.2) is 0 Å². The van der Waals surface area contributed by atoms with E-state index in [2.05, 4.69) is 9.88 Å². The Hall–Kier alpha value is -1.29. The zero-order valence-electron chi connectivity index (χ0n) is 9.47. The topological polar surface area (TPSA) is 53.4 Å². The van der Waals surface area contributed by atoms with Gasteiger partial charge in [0.25, 0.3) is 0 Å². The molecule has 1 aliphatic rings. The summed E-state index contributed by atoms with van der Waals surface area (Å²) in [4.78, 5) is 16.8. The van der Waals surface area contributed by atoms with Crippen LogP contribution < -0.4 is 4.90 Å². The minimum absolute atomic E-state index is 0.276. The van der Waals surface area contributed by atoms with Crippen LogP contribution in [0.25, 0.3) is 0 Å². The lowest BCUT2D eigenvalue weighted by molar-refractivity contribution is -0.138. The number of anilines is 1. The van der Waals surface area contributed by atoms with Crippen molar-refractivity contribution in [3.05, 3.63) is 23.5 Å². The van der Waals surface area contributed by atoms with E-state index in [9.17, 15) is 4.79 Å². The summed E-state index contributed by atoms with van der Waals surface area (Å²) in [6.07, 6.45) is 5.46. The zero-order valence-corrected chi connectivity index (χ0v) is 10.2. The fourth-order valence-electron chi connectivity index (χ4n) is 2.25. The fourth-order valence-corrected chi connectivity index (χ4v) is 2.49. The second-order valence-corrected chi connectivity index (χ2v) is 4.76. The van der Waals surface area contributed by atoms with E-state index >= 15 is 0 Å². The van der Waals surface area contributed by atoms with Gasteiger partial charge in [-0.15, -0.1) is 0 Å². The molecule has 5 heteroatoms. The van der Waals surface area contributed by atoms with Crippen molar-refractivity contribution in [3.8, 4) is 0 Å². The van der Waals surface area contributed by atoms with Gasteiger partial charge in [0.1, 0.15) is 0 Å². The number of pyridine rings is 1. The van der Waals surface area contributed by atoms with Crippen LogP contribution in [0.15, 0.2) is 18.5 Å². The van der Waals surface area contributed by atoms with Gasteiger partial charge in [-0.3, -0.25) is 9.78 Å². The van der Waals surface area contributed by atoms with E-state index in [1.54, 1.807) is 12.4 Å². The maximum absolute atomic E-state index is 10.6. The summed E-state index contributed by atoms with van der Waals surface area (Å²) in [7, 11) is 0. The quantitative estimate of drug-likeness (QED) is 0.900. The molecule has 0 aliphatic carbocycles. The molecule has 0 atom stereocenters. The summed E-state index contributed by atoms with van der Waals surface area (Å²) >= 11 is 6.08. The van der Waals surface area contributed by atoms with Crippen LogP contribution in [0.5, 0.6) is 0 Å². The first-order valence-corrected chi connectivity index (χ1v) is 6.11. The first-order chi connectivity index (χ1) is 8.16. The summed E-state index contributed by atoms with van der Waals surface area (Å²) in [5, 5.41) is 9.41. The molecule has 0 radical (unpaired) electrons. The first-order valence-electron chi connectivity index (χ1n) is 5.73. The molecule has 1 aromatic heterocycles. The lowest BCUT2D eigenvalue weighted by Crippen LogP contribution is -2.34. The van der Waals surface area contributed by atoms with Crippen molar-refractivity contribution in [2.75, 3.05) is 18.0 Å². The highest BCUT2D eigenvalue weighted by Gasteiger charge is 2.22. The number of aliphatic carboxylic acids is 1. The highest BCUT2D eigenvalue weighted by atomic mass is 35.5. The average molecular weight is 255 g/mol. The average Bonchev–Trinajstić information content (AvgIpc) is 2.30. The molecule has 0 spiro atoms. The third-order valence-electron chi connectivity index (χ3n) is 3.17. The normalized spacial score (nSPS) is 17.1. The van der Waals surface area contributed by atoms with Gasteiger partial charge in [0.2, 0.25) is 0 Å². The maximum atomic E-state index is 10.6. The summed E-state index contributed by atoms with van der Waals surface area (Å²) in [6, 6.07) is 1.90. The SMILES string of the molecule is O=C(O)CC1CCN(c2ccncc2Cl)CC1. The van der Waals surface area contributed by atoms with Crippen molar-refractivity contribution in [2.24, 2.45) is 5.92 Å². The molecule has 0 saturated carbocycles. The van der Waals surface area contributed by atoms with Crippen molar-refractivity contribution in [2.45, 2.75) is 19.3 Å².